The largest absolute Gasteiger partial charge is 0.396 e. The molecule has 1 fully saturated rings. The number of primary amides is 1. The number of carbonyl (C=O) groups is 15. The molecule has 0 aromatic rings. The van der Waals surface area contributed by atoms with Gasteiger partial charge in [0, 0.05) is 146 Å². The van der Waals surface area contributed by atoms with E-state index < -0.39 is 221 Å². The van der Waals surface area contributed by atoms with Gasteiger partial charge in [-0.3, -0.25) is 120 Å². The molecule has 11 atom stereocenters. The number of guanidine groups is 8. The molecule has 0 saturated carbocycles. The first-order valence-electron chi connectivity index (χ1n) is 40.8. The van der Waals surface area contributed by atoms with Gasteiger partial charge in [0.2, 0.25) is 47.3 Å². The summed E-state index contributed by atoms with van der Waals surface area (Å²) in [5, 5.41) is 105. The summed E-state index contributed by atoms with van der Waals surface area (Å²) in [6, 6.07) is -7.18. The number of hydrogen-bond acceptors (Lipinski definition) is 25. The van der Waals surface area contributed by atoms with Crippen molar-refractivity contribution in [1.29, 1.82) is 43.3 Å². The quantitative estimate of drug-likeness (QED) is 0.0116. The molecule has 688 valence electrons. The summed E-state index contributed by atoms with van der Waals surface area (Å²) in [7, 11) is 0. The van der Waals surface area contributed by atoms with E-state index in [2.05, 4.69) is 69.1 Å². The molecule has 0 aromatic carbocycles. The van der Waals surface area contributed by atoms with Crippen LogP contribution in [-0.4, -0.2) is 264 Å². The number of carbonyl (C=O) groups excluding carboxylic acids is 15. The minimum Gasteiger partial charge on any atom is -0.396 e. The third-order valence-electron chi connectivity index (χ3n) is 19.8. The molecule has 123 heavy (non-hydrogen) atoms. The van der Waals surface area contributed by atoms with Gasteiger partial charge in [0.15, 0.2) is 70.8 Å². The highest BCUT2D eigenvalue weighted by Crippen LogP contribution is 2.28. The zero-order valence-electron chi connectivity index (χ0n) is 69.7. The van der Waals surface area contributed by atoms with E-state index >= 15 is 19.2 Å². The fourth-order valence-electron chi connectivity index (χ4n) is 13.3. The summed E-state index contributed by atoms with van der Waals surface area (Å²) in [5.74, 6) is -20.8. The Morgan fingerprint density at radius 2 is 0.626 bits per heavy atom. The van der Waals surface area contributed by atoms with Crippen LogP contribution in [0.3, 0.4) is 0 Å². The Bertz CT molecular complexity index is 3720. The Morgan fingerprint density at radius 1 is 0.366 bits per heavy atom. The molecule has 0 radical (unpaired) electrons. The Balaban J connectivity index is 2.74. The zero-order valence-corrected chi connectivity index (χ0v) is 70.6. The summed E-state index contributed by atoms with van der Waals surface area (Å²) >= 11 is 0.884. The number of aliphatic hydroxyl groups excluding tert-OH is 1. The Kier molecular flexibility index (Phi) is 50.8. The van der Waals surface area contributed by atoms with Gasteiger partial charge in [-0.2, -0.15) is 0 Å². The third-order valence-corrected chi connectivity index (χ3v) is 21.1. The minimum atomic E-state index is -1.49. The van der Waals surface area contributed by atoms with E-state index in [9.17, 15) is 57.8 Å². The van der Waals surface area contributed by atoms with Gasteiger partial charge in [-0.15, -0.1) is 11.8 Å². The van der Waals surface area contributed by atoms with E-state index in [1.807, 2.05) is 0 Å². The molecular weight excluding hydrogens is 1630 g/mol. The summed E-state index contributed by atoms with van der Waals surface area (Å²) in [6.07, 6.45) is -0.234. The molecule has 2 aliphatic heterocycles. The molecule has 2 aliphatic rings. The summed E-state index contributed by atoms with van der Waals surface area (Å²) in [5.41, 5.74) is 50.4. The summed E-state index contributed by atoms with van der Waals surface area (Å²) in [6.45, 7) is 0.751. The molecule has 2 rings (SSSR count). The Labute approximate surface area is 717 Å². The van der Waals surface area contributed by atoms with Crippen molar-refractivity contribution >= 4 is 147 Å². The number of nitrogens with two attached hydrogens (primary N) is 9. The molecule has 0 aliphatic carbocycles. The maximum Gasteiger partial charge on any atom is 0.253 e. The van der Waals surface area contributed by atoms with Crippen molar-refractivity contribution in [3.63, 3.8) is 0 Å². The number of rotatable bonds is 67. The van der Waals surface area contributed by atoms with Crippen molar-refractivity contribution in [2.45, 2.75) is 203 Å². The molecule has 0 bridgehead atoms. The van der Waals surface area contributed by atoms with Gasteiger partial charge in [-0.05, 0) is 122 Å². The van der Waals surface area contributed by atoms with Crippen LogP contribution in [0, 0.1) is 72.9 Å². The predicted molar refractivity (Wildman–Crippen MR) is 458 cm³/mol. The fourth-order valence-corrected chi connectivity index (χ4v) is 14.5. The van der Waals surface area contributed by atoms with Gasteiger partial charge in [0.05, 0.1) is 41.9 Å². The number of amides is 10. The molecule has 48 nitrogen and oxygen atoms in total. The maximum atomic E-state index is 15.2. The minimum absolute atomic E-state index is 0.000498. The average Bonchev–Trinajstić information content (AvgIpc) is 1.70. The summed E-state index contributed by atoms with van der Waals surface area (Å²) in [4.78, 5) is 211. The van der Waals surface area contributed by atoms with E-state index in [4.69, 9.17) is 94.9 Å². The number of thioether (sulfide) groups is 1. The zero-order chi connectivity index (χ0) is 92.3. The van der Waals surface area contributed by atoms with Crippen LogP contribution < -0.4 is 121 Å². The number of likely N-dealkylation sites (tertiary alicyclic amines) is 1. The first-order valence-corrected chi connectivity index (χ1v) is 41.8. The number of imide groups is 2. The lowest BCUT2D eigenvalue weighted by Gasteiger charge is -2.27. The normalized spacial score (nSPS) is 15.3. The van der Waals surface area contributed by atoms with Gasteiger partial charge in [0.25, 0.3) is 11.8 Å². The number of ketones is 5. The summed E-state index contributed by atoms with van der Waals surface area (Å²) < 4.78 is 0. The van der Waals surface area contributed by atoms with Crippen LogP contribution in [0.2, 0.25) is 0 Å². The van der Waals surface area contributed by atoms with Crippen LogP contribution in [0.1, 0.15) is 167 Å². The van der Waals surface area contributed by atoms with Crippen LogP contribution in [0.4, 0.5) is 0 Å². The van der Waals surface area contributed by atoms with Gasteiger partial charge in [0.1, 0.15) is 11.8 Å². The molecule has 1 saturated heterocycles. The first kappa shape index (κ1) is 107. The molecule has 2 heterocycles. The van der Waals surface area contributed by atoms with Crippen molar-refractivity contribution in [3.05, 3.63) is 12.2 Å². The smallest absolute Gasteiger partial charge is 0.253 e. The highest BCUT2D eigenvalue weighted by Gasteiger charge is 2.41. The Morgan fingerprint density at radius 3 is 0.902 bits per heavy atom. The second kappa shape index (κ2) is 58.6. The number of nitrogens with one attached hydrogen (secondary N) is 21. The van der Waals surface area contributed by atoms with Gasteiger partial charge in [-0.1, -0.05) is 6.42 Å². The number of aliphatic hydroxyl groups is 1. The lowest BCUT2D eigenvalue weighted by molar-refractivity contribution is -0.140. The number of hydrogen-bond donors (Lipinski definition) is 31. The van der Waals surface area contributed by atoms with Crippen LogP contribution >= 0.6 is 11.8 Å². The number of Topliss-reactive ketones (excluding diaryl/α,β-unsaturated/α-hetero) is 5. The van der Waals surface area contributed by atoms with Crippen molar-refractivity contribution in [2.75, 3.05) is 77.8 Å². The molecule has 40 N–H and O–H groups in total. The standard InChI is InChI=1S/C74H130N32O16S/c1-41(108)33-46(39-107)65(121)103-50(20-12-30-99-74(90)91)55(112)37-45(16-8-26-95-70(82)83)63(119)102-49(19-11-29-98-73(88)89)54(111)36-44(15-7-25-94-69(80)81)62(118)101-48(18-10-28-97-72(86)87)53(110)35-43(14-6-24-93-68(78)79)61(117)100-47(17-9-27-96-71(84)85)52(109)34-42(13-2-3-23-92-67(76)77)64(120)104-51(60(75)116)40-123-56-38-59(115)106(66(56)122)32-5-4-31-105-57(113)21-22-58(105)114/h21-22,42-51,56,107H,2-20,23-40H2,1H3,(H2,75,116)(H,100,117)(H,101,118)(H,102,119)(H,103,121)(H,104,120)(H4,76,77,92)(H4,78,79,93)(H4,80,81,94)(H4,82,83,95)(H4,84,85,96)(H4,86,87,97)(H4,88,89,98)(H4,90,91,99)/t42-,43-,44-,45-,46-,47+,48+,49+,50+,51+,56?/m0/s1. The molecule has 0 spiro atoms. The lowest BCUT2D eigenvalue weighted by Crippen LogP contribution is -2.50. The highest BCUT2D eigenvalue weighted by atomic mass is 32.2. The van der Waals surface area contributed by atoms with E-state index in [1.165, 1.54) is 6.92 Å². The number of unbranched alkanes of at least 4 members (excludes halogenated alkanes) is 2. The molecule has 49 heteroatoms. The van der Waals surface area contributed by atoms with Crippen LogP contribution in [-0.2, 0) is 71.9 Å². The fraction of sp³-hybridized carbons (Fsp3) is 0.662. The van der Waals surface area contributed by atoms with Crippen LogP contribution in [0.25, 0.3) is 0 Å². The first-order chi connectivity index (χ1) is 58.1. The van der Waals surface area contributed by atoms with Crippen molar-refractivity contribution in [2.24, 2.45) is 81.2 Å². The van der Waals surface area contributed by atoms with E-state index in [1.54, 1.807) is 0 Å². The van der Waals surface area contributed by atoms with E-state index in [0.29, 0.717) is 6.42 Å². The van der Waals surface area contributed by atoms with E-state index in [0.717, 1.165) is 33.7 Å². The van der Waals surface area contributed by atoms with E-state index in [-0.39, 0.29) is 212 Å². The van der Waals surface area contributed by atoms with Crippen LogP contribution in [0.5, 0.6) is 0 Å². The average molecular weight is 1760 g/mol. The van der Waals surface area contributed by atoms with Crippen molar-refractivity contribution < 1.29 is 77.0 Å². The SMILES string of the molecule is CC(=O)C[C@@H](CO)C(=O)N[C@H](CCCNC(=N)N)C(=O)C[C@H](CCCNC(=N)N)C(=O)N[C@H](CCCNC(=N)N)C(=O)C[C@H](CCCNC(=N)N)C(=O)N[C@H](CCCNC(=N)N)C(=O)C[C@H](CCCNC(=N)N)C(=O)N[C@H](CCCNC(=N)N)C(=O)C[C@H](CCCCNC(=N)N)C(=O)N[C@H](CSC1CC(=O)N(CCCCN2C(=O)C=CC2=O)C1=O)C(N)=O. The topological polar surface area (TPSA) is 864 Å². The monoisotopic (exact) mass is 1760 g/mol. The second-order valence-electron chi connectivity index (χ2n) is 30.0. The van der Waals surface area contributed by atoms with Gasteiger partial charge < -0.3 is 131 Å². The van der Waals surface area contributed by atoms with Crippen molar-refractivity contribution in [3.8, 4) is 0 Å². The highest BCUT2D eigenvalue weighted by molar-refractivity contribution is 8.00. The van der Waals surface area contributed by atoms with Gasteiger partial charge in [-0.25, -0.2) is 0 Å². The Hall–Kier alpha value is -12.3. The lowest BCUT2D eigenvalue weighted by atomic mass is 9.88. The second-order valence-corrected chi connectivity index (χ2v) is 31.2. The predicted octanol–water partition coefficient (Wildman–Crippen LogP) is -7.15. The number of nitrogens with zero attached hydrogens (tertiary/aromatic N) is 2. The third kappa shape index (κ3) is 45.2. The molecule has 1 unspecified atom stereocenters. The molecule has 10 amide bonds. The maximum absolute atomic E-state index is 15.2. The van der Waals surface area contributed by atoms with Crippen LogP contribution in [0.15, 0.2) is 12.2 Å². The molecular formula is C74H130N32O16S. The molecule has 0 aromatic heterocycles. The van der Waals surface area contributed by atoms with Crippen molar-refractivity contribution in [1.82, 2.24) is 78.9 Å². The van der Waals surface area contributed by atoms with Gasteiger partial charge >= 0.3 is 0 Å².